The maximum absolute atomic E-state index is 12.1. The highest BCUT2D eigenvalue weighted by molar-refractivity contribution is 6.42. The lowest BCUT2D eigenvalue weighted by Gasteiger charge is -2.03. The van der Waals surface area contributed by atoms with Crippen molar-refractivity contribution in [1.29, 1.82) is 0 Å². The summed E-state index contributed by atoms with van der Waals surface area (Å²) >= 11 is 11.7. The minimum atomic E-state index is -0.331. The van der Waals surface area contributed by atoms with E-state index >= 15 is 0 Å². The van der Waals surface area contributed by atoms with E-state index < -0.39 is 0 Å². The van der Waals surface area contributed by atoms with E-state index in [0.29, 0.717) is 27.0 Å². The minimum absolute atomic E-state index is 0.323. The molecule has 0 atom stereocenters. The van der Waals surface area contributed by atoms with Gasteiger partial charge in [0, 0.05) is 5.56 Å². The number of rotatable bonds is 2. The molecule has 1 heterocycles. The number of amides is 1. The first-order valence-electron chi connectivity index (χ1n) is 5.76. The first-order valence-corrected chi connectivity index (χ1v) is 6.51. The van der Waals surface area contributed by atoms with Crippen LogP contribution in [0.5, 0.6) is 0 Å². The topological polar surface area (TPSA) is 55.1 Å². The smallest absolute Gasteiger partial charge is 0.256 e. The zero-order chi connectivity index (χ0) is 14.1. The number of nitrogens with one attached hydrogen (secondary N) is 1. The van der Waals surface area contributed by atoms with E-state index in [-0.39, 0.29) is 5.91 Å². The number of carbonyl (C=O) groups is 1. The average molecular weight is 308 g/mol. The van der Waals surface area contributed by atoms with Gasteiger partial charge < -0.3 is 9.84 Å². The van der Waals surface area contributed by atoms with Gasteiger partial charge in [-0.1, -0.05) is 40.5 Å². The number of para-hydroxylation sites is 1. The van der Waals surface area contributed by atoms with Crippen LogP contribution in [0.25, 0.3) is 11.0 Å². The van der Waals surface area contributed by atoms with Crippen LogP contribution in [-0.2, 0) is 0 Å². The number of carbonyl (C=O) groups excluding carboxylic acids is 1. The van der Waals surface area contributed by atoms with Gasteiger partial charge >= 0.3 is 0 Å². The van der Waals surface area contributed by atoms with E-state index in [2.05, 4.69) is 10.5 Å². The zero-order valence-electron chi connectivity index (χ0n) is 10.1. The second kappa shape index (κ2) is 5.15. The predicted octanol–water partition coefficient (Wildman–Crippen LogP) is 4.39. The van der Waals surface area contributed by atoms with Gasteiger partial charge in [0.1, 0.15) is 0 Å². The fourth-order valence-electron chi connectivity index (χ4n) is 1.79. The first-order chi connectivity index (χ1) is 9.65. The Morgan fingerprint density at radius 3 is 2.70 bits per heavy atom. The Hall–Kier alpha value is -2.04. The van der Waals surface area contributed by atoms with Gasteiger partial charge in [-0.25, -0.2) is 0 Å². The molecule has 0 radical (unpaired) electrons. The molecular formula is C14H8Cl2N2O2. The third kappa shape index (κ3) is 2.35. The molecule has 2 aromatic carbocycles. The molecule has 0 aliphatic heterocycles. The highest BCUT2D eigenvalue weighted by Crippen LogP contribution is 2.25. The lowest BCUT2D eigenvalue weighted by atomic mass is 10.2. The van der Waals surface area contributed by atoms with Gasteiger partial charge in [-0.3, -0.25) is 4.79 Å². The van der Waals surface area contributed by atoms with Crippen LogP contribution in [0.2, 0.25) is 10.0 Å². The zero-order valence-corrected chi connectivity index (χ0v) is 11.6. The molecule has 1 N–H and O–H groups in total. The van der Waals surface area contributed by atoms with Crippen LogP contribution in [0.1, 0.15) is 10.4 Å². The Labute approximate surface area is 124 Å². The summed E-state index contributed by atoms with van der Waals surface area (Å²) < 4.78 is 5.12. The Morgan fingerprint density at radius 2 is 1.90 bits per heavy atom. The number of anilines is 1. The number of hydrogen-bond acceptors (Lipinski definition) is 3. The fourth-order valence-corrected chi connectivity index (χ4v) is 2.09. The van der Waals surface area contributed by atoms with Crippen LogP contribution in [-0.4, -0.2) is 11.1 Å². The molecule has 4 nitrogen and oxygen atoms in total. The molecule has 20 heavy (non-hydrogen) atoms. The van der Waals surface area contributed by atoms with E-state index in [0.717, 1.165) is 5.39 Å². The molecule has 1 amide bonds. The summed E-state index contributed by atoms with van der Waals surface area (Å²) in [5, 5.41) is 7.98. The maximum atomic E-state index is 12.1. The summed E-state index contributed by atoms with van der Waals surface area (Å²) in [7, 11) is 0. The molecule has 0 spiro atoms. The third-order valence-corrected chi connectivity index (χ3v) is 3.53. The molecule has 0 fully saturated rings. The summed E-state index contributed by atoms with van der Waals surface area (Å²) in [5.74, 6) is 0.0410. The molecule has 3 aromatic rings. The van der Waals surface area contributed by atoms with Crippen molar-refractivity contribution in [2.45, 2.75) is 0 Å². The van der Waals surface area contributed by atoms with Crippen molar-refractivity contribution in [2.75, 3.05) is 5.32 Å². The van der Waals surface area contributed by atoms with Gasteiger partial charge in [0.2, 0.25) is 0 Å². The van der Waals surface area contributed by atoms with Crippen molar-refractivity contribution in [2.24, 2.45) is 0 Å². The Balaban J connectivity index is 1.90. The quantitative estimate of drug-likeness (QED) is 0.714. The van der Waals surface area contributed by atoms with E-state index in [9.17, 15) is 4.79 Å². The molecule has 0 saturated heterocycles. The van der Waals surface area contributed by atoms with Crippen molar-refractivity contribution in [3.63, 3.8) is 0 Å². The molecule has 0 bridgehead atoms. The average Bonchev–Trinajstić information content (AvgIpc) is 2.85. The number of fused-ring (bicyclic) bond motifs is 1. The normalized spacial score (nSPS) is 10.7. The fraction of sp³-hybridized carbons (Fsp3) is 0. The van der Waals surface area contributed by atoms with Gasteiger partial charge in [0.25, 0.3) is 5.91 Å². The highest BCUT2D eigenvalue weighted by atomic mass is 35.5. The lowest BCUT2D eigenvalue weighted by Crippen LogP contribution is -2.12. The number of hydrogen-bond donors (Lipinski definition) is 1. The number of halogens is 2. The predicted molar refractivity (Wildman–Crippen MR) is 78.4 cm³/mol. The van der Waals surface area contributed by atoms with Crippen LogP contribution in [0, 0.1) is 0 Å². The standard InChI is InChI=1S/C14H8Cl2N2O2/c15-10-6-5-8(7-11(10)16)14(19)17-13-9-3-1-2-4-12(9)20-18-13/h1-7H,(H,17,18,19)/i17+1. The SMILES string of the molecule is O=C([15NH]c1noc2ccccc12)c1ccc(Cl)c(Cl)c1. The molecule has 100 valence electrons. The van der Waals surface area contributed by atoms with Gasteiger partial charge in [0.15, 0.2) is 11.4 Å². The number of nitrogens with zero attached hydrogens (tertiary/aromatic N) is 1. The van der Waals surface area contributed by atoms with E-state index in [1.807, 2.05) is 18.2 Å². The van der Waals surface area contributed by atoms with E-state index in [4.69, 9.17) is 27.7 Å². The van der Waals surface area contributed by atoms with Gasteiger partial charge in [-0.05, 0) is 30.3 Å². The largest absolute Gasteiger partial charge is 0.354 e. The first kappa shape index (κ1) is 13.0. The number of benzene rings is 2. The van der Waals surface area contributed by atoms with Crippen LogP contribution in [0.3, 0.4) is 0 Å². The van der Waals surface area contributed by atoms with E-state index in [1.165, 1.54) is 6.07 Å². The minimum Gasteiger partial charge on any atom is -0.354 e. The molecule has 0 aliphatic carbocycles. The van der Waals surface area contributed by atoms with Crippen molar-refractivity contribution in [3.8, 4) is 0 Å². The Kier molecular flexibility index (Phi) is 3.34. The summed E-state index contributed by atoms with van der Waals surface area (Å²) in [5.41, 5.74) is 1.00. The van der Waals surface area contributed by atoms with Crippen LogP contribution < -0.4 is 5.32 Å². The maximum Gasteiger partial charge on any atom is 0.256 e. The second-order valence-electron chi connectivity index (χ2n) is 4.11. The monoisotopic (exact) mass is 307 g/mol. The van der Waals surface area contributed by atoms with Crippen molar-refractivity contribution in [1.82, 2.24) is 5.16 Å². The lowest BCUT2D eigenvalue weighted by molar-refractivity contribution is 0.102. The van der Waals surface area contributed by atoms with Gasteiger partial charge in [0.05, 0.1) is 15.4 Å². The molecule has 0 aliphatic rings. The molecule has 0 saturated carbocycles. The summed E-state index contributed by atoms with van der Waals surface area (Å²) in [4.78, 5) is 12.1. The van der Waals surface area contributed by atoms with Gasteiger partial charge in [-0.2, -0.15) is 0 Å². The van der Waals surface area contributed by atoms with Gasteiger partial charge in [-0.15, -0.1) is 0 Å². The summed E-state index contributed by atoms with van der Waals surface area (Å²) in [6, 6.07) is 11.9. The third-order valence-electron chi connectivity index (χ3n) is 2.79. The van der Waals surface area contributed by atoms with E-state index in [1.54, 1.807) is 18.2 Å². The van der Waals surface area contributed by atoms with Crippen LogP contribution in [0.4, 0.5) is 5.82 Å². The Morgan fingerprint density at radius 1 is 1.10 bits per heavy atom. The molecular weight excluding hydrogens is 300 g/mol. The Bertz CT molecular complexity index is 799. The summed E-state index contributed by atoms with van der Waals surface area (Å²) in [6.45, 7) is 0. The number of aromatic nitrogens is 1. The highest BCUT2D eigenvalue weighted by Gasteiger charge is 2.13. The van der Waals surface area contributed by atoms with Crippen molar-refractivity contribution < 1.29 is 9.32 Å². The molecule has 3 rings (SSSR count). The second-order valence-corrected chi connectivity index (χ2v) is 4.92. The van der Waals surface area contributed by atoms with Crippen molar-refractivity contribution >= 4 is 45.9 Å². The molecule has 0 unspecified atom stereocenters. The molecule has 6 heteroatoms. The van der Waals surface area contributed by atoms with Crippen LogP contribution >= 0.6 is 23.2 Å². The summed E-state index contributed by atoms with van der Waals surface area (Å²) in [6.07, 6.45) is 0. The van der Waals surface area contributed by atoms with Crippen LogP contribution in [0.15, 0.2) is 47.0 Å². The molecule has 1 aromatic heterocycles. The van der Waals surface area contributed by atoms with Crippen molar-refractivity contribution in [3.05, 3.63) is 58.1 Å².